The van der Waals surface area contributed by atoms with Crippen molar-refractivity contribution in [3.8, 4) is 5.75 Å². The number of carbonyl (C=O) groups excluding carboxylic acids is 1. The summed E-state index contributed by atoms with van der Waals surface area (Å²) >= 11 is 9.25. The van der Waals surface area contributed by atoms with E-state index < -0.39 is 0 Å². The van der Waals surface area contributed by atoms with Crippen LogP contribution in [0.25, 0.3) is 6.08 Å². The summed E-state index contributed by atoms with van der Waals surface area (Å²) in [7, 11) is 0. The summed E-state index contributed by atoms with van der Waals surface area (Å²) in [6, 6.07) is 12.7. The molecule has 1 aliphatic heterocycles. The minimum absolute atomic E-state index is 0.139. The molecule has 4 heteroatoms. The van der Waals surface area contributed by atoms with E-state index in [4.69, 9.17) is 16.3 Å². The molecule has 0 radical (unpaired) electrons. The van der Waals surface area contributed by atoms with Crippen molar-refractivity contribution in [3.05, 3.63) is 68.8 Å². The van der Waals surface area contributed by atoms with Crippen LogP contribution in [-0.4, -0.2) is 5.78 Å². The fourth-order valence-corrected chi connectivity index (χ4v) is 2.31. The average Bonchev–Trinajstić information content (AvgIpc) is 2.70. The second kappa shape index (κ2) is 4.83. The molecule has 1 heterocycles. The standard InChI is InChI=1S/C15H8BrClO2/c16-10-3-1-9(2-4-10)7-14-15(18)12-8-11(17)5-6-13(12)19-14/h1-8H/b14-7-. The van der Waals surface area contributed by atoms with Crippen LogP contribution in [0.4, 0.5) is 0 Å². The summed E-state index contributed by atoms with van der Waals surface area (Å²) in [5, 5.41) is 0.528. The van der Waals surface area contributed by atoms with Crippen LogP contribution in [0.2, 0.25) is 5.02 Å². The Morgan fingerprint density at radius 2 is 1.84 bits per heavy atom. The molecule has 0 N–H and O–H groups in total. The molecule has 0 aromatic heterocycles. The lowest BCUT2D eigenvalue weighted by molar-refractivity contribution is 0.101. The molecule has 94 valence electrons. The first kappa shape index (κ1) is 12.5. The molecule has 0 saturated carbocycles. The van der Waals surface area contributed by atoms with Gasteiger partial charge in [-0.25, -0.2) is 0 Å². The highest BCUT2D eigenvalue weighted by molar-refractivity contribution is 9.10. The molecule has 0 atom stereocenters. The molecular weight excluding hydrogens is 328 g/mol. The van der Waals surface area contributed by atoms with Gasteiger partial charge < -0.3 is 4.74 Å². The second-order valence-corrected chi connectivity index (χ2v) is 5.48. The summed E-state index contributed by atoms with van der Waals surface area (Å²) < 4.78 is 6.54. The predicted octanol–water partition coefficient (Wildman–Crippen LogP) is 4.72. The molecule has 0 bridgehead atoms. The minimum Gasteiger partial charge on any atom is -0.452 e. The van der Waals surface area contributed by atoms with Gasteiger partial charge in [0.2, 0.25) is 5.78 Å². The van der Waals surface area contributed by atoms with Gasteiger partial charge in [0.25, 0.3) is 0 Å². The SMILES string of the molecule is O=C1/C(=C/c2ccc(Br)cc2)Oc2ccc(Cl)cc21. The van der Waals surface area contributed by atoms with E-state index in [0.29, 0.717) is 22.1 Å². The lowest BCUT2D eigenvalue weighted by Crippen LogP contribution is -1.97. The molecular formula is C15H8BrClO2. The summed E-state index contributed by atoms with van der Waals surface area (Å²) in [6.45, 7) is 0. The van der Waals surface area contributed by atoms with Crippen molar-refractivity contribution < 1.29 is 9.53 Å². The van der Waals surface area contributed by atoms with E-state index in [0.717, 1.165) is 10.0 Å². The number of benzene rings is 2. The molecule has 0 saturated heterocycles. The zero-order valence-electron chi connectivity index (χ0n) is 9.69. The quantitative estimate of drug-likeness (QED) is 0.705. The van der Waals surface area contributed by atoms with Crippen molar-refractivity contribution in [2.24, 2.45) is 0 Å². The van der Waals surface area contributed by atoms with Gasteiger partial charge in [-0.15, -0.1) is 0 Å². The third-order valence-corrected chi connectivity index (χ3v) is 3.56. The minimum atomic E-state index is -0.139. The maximum atomic E-state index is 12.2. The number of hydrogen-bond acceptors (Lipinski definition) is 2. The zero-order valence-corrected chi connectivity index (χ0v) is 12.0. The molecule has 0 fully saturated rings. The first-order valence-corrected chi connectivity index (χ1v) is 6.80. The van der Waals surface area contributed by atoms with Crippen molar-refractivity contribution >= 4 is 39.4 Å². The monoisotopic (exact) mass is 334 g/mol. The normalized spacial score (nSPS) is 15.5. The molecule has 19 heavy (non-hydrogen) atoms. The topological polar surface area (TPSA) is 26.3 Å². The van der Waals surface area contributed by atoms with Crippen LogP contribution in [0.1, 0.15) is 15.9 Å². The molecule has 0 amide bonds. The Kier molecular flexibility index (Phi) is 3.17. The van der Waals surface area contributed by atoms with Crippen LogP contribution in [0.15, 0.2) is 52.7 Å². The molecule has 0 aliphatic carbocycles. The Balaban J connectivity index is 1.97. The zero-order chi connectivity index (χ0) is 13.4. The third-order valence-electron chi connectivity index (χ3n) is 2.80. The molecule has 2 aromatic rings. The first-order valence-electron chi connectivity index (χ1n) is 5.63. The molecule has 0 unspecified atom stereocenters. The number of fused-ring (bicyclic) bond motifs is 1. The average molecular weight is 336 g/mol. The molecule has 0 spiro atoms. The first-order chi connectivity index (χ1) is 9.13. The van der Waals surface area contributed by atoms with Crippen molar-refractivity contribution in [2.45, 2.75) is 0 Å². The number of ether oxygens (including phenoxy) is 1. The predicted molar refractivity (Wildman–Crippen MR) is 78.5 cm³/mol. The van der Waals surface area contributed by atoms with Crippen LogP contribution in [0, 0.1) is 0 Å². The second-order valence-electron chi connectivity index (χ2n) is 4.13. The van der Waals surface area contributed by atoms with Gasteiger partial charge >= 0.3 is 0 Å². The Hall–Kier alpha value is -1.58. The van der Waals surface area contributed by atoms with E-state index in [9.17, 15) is 4.79 Å². The molecule has 2 nitrogen and oxygen atoms in total. The van der Waals surface area contributed by atoms with E-state index >= 15 is 0 Å². The van der Waals surface area contributed by atoms with Crippen LogP contribution in [0.3, 0.4) is 0 Å². The number of Topliss-reactive ketones (excluding diaryl/α,β-unsaturated/α-hetero) is 1. The van der Waals surface area contributed by atoms with Crippen molar-refractivity contribution in [1.29, 1.82) is 0 Å². The highest BCUT2D eigenvalue weighted by Gasteiger charge is 2.27. The van der Waals surface area contributed by atoms with E-state index in [1.807, 2.05) is 24.3 Å². The van der Waals surface area contributed by atoms with Gasteiger partial charge in [-0.3, -0.25) is 4.79 Å². The molecule has 3 rings (SSSR count). The van der Waals surface area contributed by atoms with Gasteiger partial charge in [0.05, 0.1) is 5.56 Å². The number of allylic oxidation sites excluding steroid dienone is 1. The number of hydrogen-bond donors (Lipinski definition) is 0. The summed E-state index contributed by atoms with van der Waals surface area (Å²) in [5.74, 6) is 0.734. The Bertz CT molecular complexity index is 690. The van der Waals surface area contributed by atoms with Gasteiger partial charge in [0.1, 0.15) is 5.75 Å². The lowest BCUT2D eigenvalue weighted by atomic mass is 10.1. The van der Waals surface area contributed by atoms with Gasteiger partial charge in [-0.2, -0.15) is 0 Å². The van der Waals surface area contributed by atoms with Crippen LogP contribution in [0.5, 0.6) is 5.75 Å². The smallest absolute Gasteiger partial charge is 0.232 e. The summed E-state index contributed by atoms with van der Waals surface area (Å²) in [6.07, 6.45) is 1.72. The van der Waals surface area contributed by atoms with Gasteiger partial charge in [0, 0.05) is 9.50 Å². The molecule has 2 aromatic carbocycles. The number of halogens is 2. The fourth-order valence-electron chi connectivity index (χ4n) is 1.87. The molecule has 1 aliphatic rings. The maximum absolute atomic E-state index is 12.2. The van der Waals surface area contributed by atoms with Crippen LogP contribution >= 0.6 is 27.5 Å². The highest BCUT2D eigenvalue weighted by atomic mass is 79.9. The Morgan fingerprint density at radius 3 is 2.58 bits per heavy atom. The fraction of sp³-hybridized carbons (Fsp3) is 0. The Morgan fingerprint density at radius 1 is 1.11 bits per heavy atom. The van der Waals surface area contributed by atoms with E-state index in [-0.39, 0.29) is 5.78 Å². The lowest BCUT2D eigenvalue weighted by Gasteiger charge is -1.98. The summed E-state index contributed by atoms with van der Waals surface area (Å²) in [5.41, 5.74) is 1.42. The van der Waals surface area contributed by atoms with Crippen molar-refractivity contribution in [1.82, 2.24) is 0 Å². The van der Waals surface area contributed by atoms with E-state index in [2.05, 4.69) is 15.9 Å². The van der Waals surface area contributed by atoms with Gasteiger partial charge in [-0.05, 0) is 42.0 Å². The largest absolute Gasteiger partial charge is 0.452 e. The Labute approximate surface area is 123 Å². The highest BCUT2D eigenvalue weighted by Crippen LogP contribution is 2.33. The number of carbonyl (C=O) groups is 1. The third kappa shape index (κ3) is 2.44. The maximum Gasteiger partial charge on any atom is 0.232 e. The van der Waals surface area contributed by atoms with Crippen LogP contribution < -0.4 is 4.74 Å². The number of rotatable bonds is 1. The number of ketones is 1. The van der Waals surface area contributed by atoms with Crippen molar-refractivity contribution in [3.63, 3.8) is 0 Å². The van der Waals surface area contributed by atoms with E-state index in [1.165, 1.54) is 0 Å². The van der Waals surface area contributed by atoms with Gasteiger partial charge in [-0.1, -0.05) is 39.7 Å². The van der Waals surface area contributed by atoms with Crippen molar-refractivity contribution in [2.75, 3.05) is 0 Å². The van der Waals surface area contributed by atoms with Crippen LogP contribution in [-0.2, 0) is 0 Å². The van der Waals surface area contributed by atoms with E-state index in [1.54, 1.807) is 24.3 Å². The van der Waals surface area contributed by atoms with Gasteiger partial charge in [0.15, 0.2) is 5.76 Å². The summed E-state index contributed by atoms with van der Waals surface area (Å²) in [4.78, 5) is 12.2.